The van der Waals surface area contributed by atoms with Crippen molar-refractivity contribution in [3.05, 3.63) is 0 Å². The third kappa shape index (κ3) is 2.32. The normalized spacial score (nSPS) is 25.6. The zero-order chi connectivity index (χ0) is 11.0. The van der Waals surface area contributed by atoms with Crippen LogP contribution < -0.4 is 5.32 Å². The Labute approximate surface area is 97.0 Å². The lowest BCUT2D eigenvalue weighted by molar-refractivity contribution is 0.141. The van der Waals surface area contributed by atoms with E-state index in [9.17, 15) is 4.79 Å². The highest BCUT2D eigenvalue weighted by Gasteiger charge is 2.38. The molecule has 0 atom stereocenters. The van der Waals surface area contributed by atoms with Crippen molar-refractivity contribution in [3.63, 3.8) is 0 Å². The van der Waals surface area contributed by atoms with Gasteiger partial charge in [0, 0.05) is 38.8 Å². The maximum absolute atomic E-state index is 12.4. The summed E-state index contributed by atoms with van der Waals surface area (Å²) in [5, 5.41) is 3.29. The second-order valence-corrected chi connectivity index (χ2v) is 5.35. The minimum atomic E-state index is 0.302. The minimum Gasteiger partial charge on any atom is -0.322 e. The number of piperazine rings is 1. The van der Waals surface area contributed by atoms with E-state index in [1.807, 2.05) is 4.90 Å². The zero-order valence-corrected chi connectivity index (χ0v) is 9.82. The summed E-state index contributed by atoms with van der Waals surface area (Å²) < 4.78 is 0. The number of amides is 2. The Hall–Kier alpha value is -0.770. The van der Waals surface area contributed by atoms with E-state index in [1.54, 1.807) is 0 Å². The third-order valence-corrected chi connectivity index (χ3v) is 3.77. The lowest BCUT2D eigenvalue weighted by Gasteiger charge is -2.33. The molecule has 0 unspecified atom stereocenters. The molecular formula is C12H21N3O. The summed E-state index contributed by atoms with van der Waals surface area (Å²) in [7, 11) is 0. The Morgan fingerprint density at radius 2 is 1.88 bits per heavy atom. The van der Waals surface area contributed by atoms with Crippen LogP contribution in [0.2, 0.25) is 0 Å². The Morgan fingerprint density at radius 3 is 2.44 bits per heavy atom. The van der Waals surface area contributed by atoms with Crippen LogP contribution in [-0.4, -0.2) is 54.6 Å². The lowest BCUT2D eigenvalue weighted by Crippen LogP contribution is -2.52. The van der Waals surface area contributed by atoms with Crippen molar-refractivity contribution in [2.45, 2.75) is 31.7 Å². The van der Waals surface area contributed by atoms with Gasteiger partial charge in [-0.3, -0.25) is 0 Å². The first kappa shape index (κ1) is 10.4. The molecule has 1 heterocycles. The molecule has 3 aliphatic rings. The van der Waals surface area contributed by atoms with Crippen LogP contribution in [0, 0.1) is 5.92 Å². The van der Waals surface area contributed by atoms with Crippen molar-refractivity contribution < 1.29 is 4.79 Å². The molecule has 3 rings (SSSR count). The lowest BCUT2D eigenvalue weighted by atomic mass is 10.3. The smallest absolute Gasteiger partial charge is 0.320 e. The van der Waals surface area contributed by atoms with Gasteiger partial charge in [-0.05, 0) is 31.6 Å². The number of carbonyl (C=O) groups excluding carboxylic acids is 1. The van der Waals surface area contributed by atoms with E-state index in [4.69, 9.17) is 0 Å². The Bertz CT molecular complexity index is 267. The predicted molar refractivity (Wildman–Crippen MR) is 62.3 cm³/mol. The third-order valence-electron chi connectivity index (χ3n) is 3.77. The van der Waals surface area contributed by atoms with Crippen LogP contribution in [0.15, 0.2) is 0 Å². The number of hydrogen-bond donors (Lipinski definition) is 1. The molecule has 16 heavy (non-hydrogen) atoms. The van der Waals surface area contributed by atoms with Crippen LogP contribution in [0.25, 0.3) is 0 Å². The fourth-order valence-corrected chi connectivity index (χ4v) is 2.39. The van der Waals surface area contributed by atoms with E-state index in [-0.39, 0.29) is 0 Å². The van der Waals surface area contributed by atoms with E-state index in [2.05, 4.69) is 10.2 Å². The maximum Gasteiger partial charge on any atom is 0.320 e. The molecule has 0 aromatic heterocycles. The summed E-state index contributed by atoms with van der Waals surface area (Å²) in [5.74, 6) is 0.812. The first-order valence-corrected chi connectivity index (χ1v) is 6.61. The first-order chi connectivity index (χ1) is 7.84. The van der Waals surface area contributed by atoms with E-state index < -0.39 is 0 Å². The molecule has 0 bridgehead atoms. The molecule has 1 N–H and O–H groups in total. The SMILES string of the molecule is O=C(N1CCNCC1)N(CC1CC1)C1CC1. The van der Waals surface area contributed by atoms with Crippen molar-refractivity contribution in [2.75, 3.05) is 32.7 Å². The average Bonchev–Trinajstić information content (AvgIpc) is 3.16. The quantitative estimate of drug-likeness (QED) is 0.771. The Kier molecular flexibility index (Phi) is 2.75. The first-order valence-electron chi connectivity index (χ1n) is 6.61. The summed E-state index contributed by atoms with van der Waals surface area (Å²) in [6, 6.07) is 0.874. The molecule has 1 aliphatic heterocycles. The van der Waals surface area contributed by atoms with Crippen molar-refractivity contribution in [1.82, 2.24) is 15.1 Å². The number of urea groups is 1. The van der Waals surface area contributed by atoms with Gasteiger partial charge in [0.25, 0.3) is 0 Å². The number of rotatable bonds is 3. The van der Waals surface area contributed by atoms with Gasteiger partial charge in [0.2, 0.25) is 0 Å². The van der Waals surface area contributed by atoms with Gasteiger partial charge in [-0.2, -0.15) is 0 Å². The summed E-state index contributed by atoms with van der Waals surface area (Å²) in [4.78, 5) is 16.5. The van der Waals surface area contributed by atoms with Crippen molar-refractivity contribution in [2.24, 2.45) is 5.92 Å². The summed E-state index contributed by atoms with van der Waals surface area (Å²) in [5.41, 5.74) is 0. The van der Waals surface area contributed by atoms with Crippen LogP contribution >= 0.6 is 0 Å². The van der Waals surface area contributed by atoms with Crippen LogP contribution in [-0.2, 0) is 0 Å². The second kappa shape index (κ2) is 4.24. The standard InChI is InChI=1S/C12H21N3O/c16-12(14-7-5-13-6-8-14)15(11-3-4-11)9-10-1-2-10/h10-11,13H,1-9H2. The van der Waals surface area contributed by atoms with E-state index in [1.165, 1.54) is 25.7 Å². The highest BCUT2D eigenvalue weighted by Crippen LogP contribution is 2.35. The minimum absolute atomic E-state index is 0.302. The fraction of sp³-hybridized carbons (Fsp3) is 0.917. The molecular weight excluding hydrogens is 202 g/mol. The molecule has 2 amide bonds. The van der Waals surface area contributed by atoms with Crippen molar-refractivity contribution in [3.8, 4) is 0 Å². The largest absolute Gasteiger partial charge is 0.322 e. The van der Waals surface area contributed by atoms with Crippen molar-refractivity contribution >= 4 is 6.03 Å². The van der Waals surface area contributed by atoms with Gasteiger partial charge in [-0.25, -0.2) is 4.79 Å². The van der Waals surface area contributed by atoms with E-state index in [0.717, 1.165) is 38.6 Å². The molecule has 0 radical (unpaired) electrons. The molecule has 4 heteroatoms. The topological polar surface area (TPSA) is 35.6 Å². The Balaban J connectivity index is 1.59. The second-order valence-electron chi connectivity index (χ2n) is 5.35. The molecule has 2 aliphatic carbocycles. The van der Waals surface area contributed by atoms with Crippen LogP contribution in [0.1, 0.15) is 25.7 Å². The molecule has 2 saturated carbocycles. The number of hydrogen-bond acceptors (Lipinski definition) is 2. The van der Waals surface area contributed by atoms with E-state index >= 15 is 0 Å². The van der Waals surface area contributed by atoms with Gasteiger partial charge in [0.1, 0.15) is 0 Å². The molecule has 3 fully saturated rings. The van der Waals surface area contributed by atoms with Gasteiger partial charge in [-0.1, -0.05) is 0 Å². The average molecular weight is 223 g/mol. The van der Waals surface area contributed by atoms with Gasteiger partial charge >= 0.3 is 6.03 Å². The summed E-state index contributed by atoms with van der Waals surface area (Å²) in [6.45, 7) is 4.69. The summed E-state index contributed by atoms with van der Waals surface area (Å²) in [6.07, 6.45) is 5.12. The van der Waals surface area contributed by atoms with Gasteiger partial charge in [0.05, 0.1) is 0 Å². The monoisotopic (exact) mass is 223 g/mol. The number of nitrogens with one attached hydrogen (secondary N) is 1. The number of nitrogens with zero attached hydrogens (tertiary/aromatic N) is 2. The molecule has 4 nitrogen and oxygen atoms in total. The molecule has 0 spiro atoms. The zero-order valence-electron chi connectivity index (χ0n) is 9.82. The number of carbonyl (C=O) groups is 1. The van der Waals surface area contributed by atoms with Gasteiger partial charge in [0.15, 0.2) is 0 Å². The van der Waals surface area contributed by atoms with Crippen molar-refractivity contribution in [1.29, 1.82) is 0 Å². The molecule has 90 valence electrons. The predicted octanol–water partition coefficient (Wildman–Crippen LogP) is 0.886. The fourth-order valence-electron chi connectivity index (χ4n) is 2.39. The van der Waals surface area contributed by atoms with Crippen LogP contribution in [0.4, 0.5) is 4.79 Å². The summed E-state index contributed by atoms with van der Waals surface area (Å²) >= 11 is 0. The van der Waals surface area contributed by atoms with E-state index in [0.29, 0.717) is 12.1 Å². The highest BCUT2D eigenvalue weighted by molar-refractivity contribution is 5.75. The van der Waals surface area contributed by atoms with Crippen LogP contribution in [0.3, 0.4) is 0 Å². The molecule has 0 aromatic carbocycles. The van der Waals surface area contributed by atoms with Gasteiger partial charge in [-0.15, -0.1) is 0 Å². The Morgan fingerprint density at radius 1 is 1.19 bits per heavy atom. The van der Waals surface area contributed by atoms with Gasteiger partial charge < -0.3 is 15.1 Å². The maximum atomic E-state index is 12.4. The highest BCUT2D eigenvalue weighted by atomic mass is 16.2. The van der Waals surface area contributed by atoms with Crippen LogP contribution in [0.5, 0.6) is 0 Å². The molecule has 1 saturated heterocycles. The molecule has 0 aromatic rings.